The van der Waals surface area contributed by atoms with Gasteiger partial charge in [-0.2, -0.15) is 4.39 Å². The van der Waals surface area contributed by atoms with E-state index in [1.807, 2.05) is 0 Å². The molecule has 1 N–H and O–H groups in total. The van der Waals surface area contributed by atoms with E-state index in [4.69, 9.17) is 4.52 Å². The van der Waals surface area contributed by atoms with Gasteiger partial charge in [0.05, 0.1) is 12.7 Å². The second-order valence-electron chi connectivity index (χ2n) is 2.56. The van der Waals surface area contributed by atoms with Crippen molar-refractivity contribution in [3.63, 3.8) is 0 Å². The Balaban J connectivity index is 1.98. The molecule has 0 radical (unpaired) electrons. The SMILES string of the molecule is Fc1cc(NCc2ccno2)ncn1. The molecule has 2 aromatic heterocycles. The fourth-order valence-electron chi connectivity index (χ4n) is 0.941. The molecule has 2 aromatic rings. The first-order valence-corrected chi connectivity index (χ1v) is 3.95. The zero-order valence-corrected chi connectivity index (χ0v) is 7.14. The maximum Gasteiger partial charge on any atom is 0.217 e. The van der Waals surface area contributed by atoms with E-state index in [1.54, 1.807) is 6.07 Å². The molecular weight excluding hydrogens is 187 g/mol. The summed E-state index contributed by atoms with van der Waals surface area (Å²) in [5.74, 6) is 0.498. The molecule has 0 aliphatic carbocycles. The van der Waals surface area contributed by atoms with Crippen molar-refractivity contribution in [2.75, 3.05) is 5.32 Å². The molecule has 0 bridgehead atoms. The first-order valence-electron chi connectivity index (χ1n) is 3.95. The summed E-state index contributed by atoms with van der Waals surface area (Å²) in [5, 5.41) is 6.39. The summed E-state index contributed by atoms with van der Waals surface area (Å²) in [5.41, 5.74) is 0. The Morgan fingerprint density at radius 1 is 1.43 bits per heavy atom. The van der Waals surface area contributed by atoms with E-state index in [9.17, 15) is 4.39 Å². The summed E-state index contributed by atoms with van der Waals surface area (Å²) in [6.45, 7) is 0.413. The van der Waals surface area contributed by atoms with Gasteiger partial charge in [-0.05, 0) is 0 Å². The minimum absolute atomic E-state index is 0.411. The van der Waals surface area contributed by atoms with Crippen molar-refractivity contribution in [1.82, 2.24) is 15.1 Å². The minimum atomic E-state index is -0.569. The monoisotopic (exact) mass is 194 g/mol. The lowest BCUT2D eigenvalue weighted by molar-refractivity contribution is 0.388. The predicted octanol–water partition coefficient (Wildman–Crippen LogP) is 1.22. The Morgan fingerprint density at radius 3 is 3.07 bits per heavy atom. The highest BCUT2D eigenvalue weighted by Crippen LogP contribution is 2.05. The van der Waals surface area contributed by atoms with Crippen LogP contribution in [0.5, 0.6) is 0 Å². The first-order chi connectivity index (χ1) is 6.84. The number of nitrogens with one attached hydrogen (secondary N) is 1. The molecule has 0 amide bonds. The molecule has 6 heteroatoms. The molecule has 0 aliphatic heterocycles. The molecule has 0 aliphatic rings. The van der Waals surface area contributed by atoms with Crippen molar-refractivity contribution in [3.8, 4) is 0 Å². The highest BCUT2D eigenvalue weighted by molar-refractivity contribution is 5.32. The molecule has 0 atom stereocenters. The number of hydrogen-bond donors (Lipinski definition) is 1. The summed E-state index contributed by atoms with van der Waals surface area (Å²) in [6, 6.07) is 2.92. The Hall–Kier alpha value is -1.98. The molecule has 0 aromatic carbocycles. The predicted molar refractivity (Wildman–Crippen MR) is 45.8 cm³/mol. The molecule has 0 saturated carbocycles. The third-order valence-corrected chi connectivity index (χ3v) is 1.57. The Morgan fingerprint density at radius 2 is 2.36 bits per heavy atom. The second kappa shape index (κ2) is 3.82. The van der Waals surface area contributed by atoms with E-state index in [0.717, 1.165) is 6.33 Å². The minimum Gasteiger partial charge on any atom is -0.363 e. The Bertz CT molecular complexity index is 403. The first kappa shape index (κ1) is 8.61. The number of anilines is 1. The average molecular weight is 194 g/mol. The lowest BCUT2D eigenvalue weighted by Gasteiger charge is -2.00. The van der Waals surface area contributed by atoms with Gasteiger partial charge in [0.25, 0.3) is 0 Å². The van der Waals surface area contributed by atoms with Gasteiger partial charge in [-0.3, -0.25) is 0 Å². The van der Waals surface area contributed by atoms with Crippen LogP contribution in [0.15, 0.2) is 29.2 Å². The lowest BCUT2D eigenvalue weighted by Crippen LogP contribution is -2.01. The van der Waals surface area contributed by atoms with Gasteiger partial charge in [-0.1, -0.05) is 5.16 Å². The maximum absolute atomic E-state index is 12.6. The summed E-state index contributed by atoms with van der Waals surface area (Å²) in [4.78, 5) is 7.15. The van der Waals surface area contributed by atoms with Crippen molar-refractivity contribution in [3.05, 3.63) is 36.4 Å². The number of rotatable bonds is 3. The van der Waals surface area contributed by atoms with Gasteiger partial charge < -0.3 is 9.84 Å². The molecule has 72 valence electrons. The molecular formula is C8H7FN4O. The van der Waals surface area contributed by atoms with Crippen molar-refractivity contribution in [2.45, 2.75) is 6.54 Å². The Labute approximate surface area is 79.0 Å². The van der Waals surface area contributed by atoms with Gasteiger partial charge in [0, 0.05) is 12.1 Å². The molecule has 0 saturated heterocycles. The standard InChI is InChI=1S/C8H7FN4O/c9-7-3-8(12-5-11-7)10-4-6-1-2-13-14-6/h1-3,5H,4H2,(H,10,11,12). The molecule has 0 fully saturated rings. The number of nitrogens with zero attached hydrogens (tertiary/aromatic N) is 3. The van der Waals surface area contributed by atoms with E-state index in [1.165, 1.54) is 12.3 Å². The van der Waals surface area contributed by atoms with Crippen LogP contribution < -0.4 is 5.32 Å². The highest BCUT2D eigenvalue weighted by atomic mass is 19.1. The van der Waals surface area contributed by atoms with Crippen LogP contribution in [-0.2, 0) is 6.54 Å². The molecule has 2 rings (SSSR count). The number of aromatic nitrogens is 3. The van der Waals surface area contributed by atoms with Crippen molar-refractivity contribution >= 4 is 5.82 Å². The van der Waals surface area contributed by atoms with Crippen LogP contribution in [0.1, 0.15) is 5.76 Å². The second-order valence-corrected chi connectivity index (χ2v) is 2.56. The van der Waals surface area contributed by atoms with Crippen LogP contribution in [0.2, 0.25) is 0 Å². The van der Waals surface area contributed by atoms with Gasteiger partial charge in [-0.25, -0.2) is 9.97 Å². The Kier molecular flexibility index (Phi) is 2.35. The van der Waals surface area contributed by atoms with Gasteiger partial charge in [0.1, 0.15) is 12.1 Å². The zero-order valence-electron chi connectivity index (χ0n) is 7.14. The largest absolute Gasteiger partial charge is 0.363 e. The summed E-state index contributed by atoms with van der Waals surface area (Å²) in [6.07, 6.45) is 2.69. The molecule has 0 unspecified atom stereocenters. The van der Waals surface area contributed by atoms with Crippen LogP contribution in [0.4, 0.5) is 10.2 Å². The fraction of sp³-hybridized carbons (Fsp3) is 0.125. The van der Waals surface area contributed by atoms with Gasteiger partial charge in [-0.15, -0.1) is 0 Å². The third kappa shape index (κ3) is 2.03. The van der Waals surface area contributed by atoms with E-state index in [-0.39, 0.29) is 0 Å². The smallest absolute Gasteiger partial charge is 0.217 e. The highest BCUT2D eigenvalue weighted by Gasteiger charge is 1.99. The topological polar surface area (TPSA) is 63.8 Å². The van der Waals surface area contributed by atoms with Crippen molar-refractivity contribution in [1.29, 1.82) is 0 Å². The van der Waals surface area contributed by atoms with Crippen LogP contribution in [-0.4, -0.2) is 15.1 Å². The van der Waals surface area contributed by atoms with E-state index < -0.39 is 5.95 Å². The maximum atomic E-state index is 12.6. The third-order valence-electron chi connectivity index (χ3n) is 1.57. The van der Waals surface area contributed by atoms with Crippen molar-refractivity contribution in [2.24, 2.45) is 0 Å². The number of hydrogen-bond acceptors (Lipinski definition) is 5. The molecule has 2 heterocycles. The summed E-state index contributed by atoms with van der Waals surface area (Å²) >= 11 is 0. The summed E-state index contributed by atoms with van der Waals surface area (Å²) in [7, 11) is 0. The van der Waals surface area contributed by atoms with Crippen molar-refractivity contribution < 1.29 is 8.91 Å². The van der Waals surface area contributed by atoms with Gasteiger partial charge in [0.15, 0.2) is 5.76 Å². The molecule has 0 spiro atoms. The van der Waals surface area contributed by atoms with Gasteiger partial charge >= 0.3 is 0 Å². The van der Waals surface area contributed by atoms with Crippen LogP contribution in [0.3, 0.4) is 0 Å². The fourth-order valence-corrected chi connectivity index (χ4v) is 0.941. The average Bonchev–Trinajstić information content (AvgIpc) is 2.67. The van der Waals surface area contributed by atoms with Crippen LogP contribution in [0, 0.1) is 5.95 Å². The zero-order chi connectivity index (χ0) is 9.80. The quantitative estimate of drug-likeness (QED) is 0.744. The van der Waals surface area contributed by atoms with Gasteiger partial charge in [0.2, 0.25) is 5.95 Å². The van der Waals surface area contributed by atoms with E-state index in [0.29, 0.717) is 18.1 Å². The van der Waals surface area contributed by atoms with Crippen LogP contribution in [0.25, 0.3) is 0 Å². The van der Waals surface area contributed by atoms with E-state index >= 15 is 0 Å². The number of halogens is 1. The lowest BCUT2D eigenvalue weighted by atomic mass is 10.4. The molecule has 5 nitrogen and oxygen atoms in total. The van der Waals surface area contributed by atoms with Crippen LogP contribution >= 0.6 is 0 Å². The molecule has 14 heavy (non-hydrogen) atoms. The summed E-state index contributed by atoms with van der Waals surface area (Å²) < 4.78 is 17.4. The normalized spacial score (nSPS) is 10.1. The van der Waals surface area contributed by atoms with E-state index in [2.05, 4.69) is 20.4 Å².